The Hall–Kier alpha value is -1.58. The van der Waals surface area contributed by atoms with Crippen molar-refractivity contribution in [3.8, 4) is 5.75 Å². The summed E-state index contributed by atoms with van der Waals surface area (Å²) in [6.45, 7) is 1.22. The summed E-state index contributed by atoms with van der Waals surface area (Å²) in [4.78, 5) is 0. The van der Waals surface area contributed by atoms with Crippen LogP contribution in [0.5, 0.6) is 5.75 Å². The molecule has 2 aromatic rings. The third-order valence-electron chi connectivity index (χ3n) is 3.73. The number of fused-ring (bicyclic) bond motifs is 1. The smallest absolute Gasteiger partial charge is 0.124 e. The molecule has 19 heavy (non-hydrogen) atoms. The number of nitrogens with two attached hydrogens (primary N) is 2. The van der Waals surface area contributed by atoms with Crippen LogP contribution in [-0.4, -0.2) is 13.2 Å². The van der Waals surface area contributed by atoms with Crippen molar-refractivity contribution < 1.29 is 4.74 Å². The first-order valence-electron chi connectivity index (χ1n) is 6.89. The predicted octanol–water partition coefficient (Wildman–Crippen LogP) is 2.59. The third-order valence-corrected chi connectivity index (χ3v) is 3.73. The maximum absolute atomic E-state index is 6.18. The van der Waals surface area contributed by atoms with E-state index < -0.39 is 0 Å². The van der Waals surface area contributed by atoms with Gasteiger partial charge in [-0.15, -0.1) is 0 Å². The monoisotopic (exact) mass is 256 g/mol. The van der Waals surface area contributed by atoms with E-state index in [0.29, 0.717) is 6.54 Å². The number of hydrogen-bond donors (Lipinski definition) is 2. The van der Waals surface area contributed by atoms with Gasteiger partial charge in [-0.1, -0.05) is 30.3 Å². The lowest BCUT2D eigenvalue weighted by molar-refractivity contribution is 0.296. The number of benzene rings is 2. The highest BCUT2D eigenvalue weighted by Gasteiger charge is 2.23. The van der Waals surface area contributed by atoms with Crippen LogP contribution < -0.4 is 16.2 Å². The van der Waals surface area contributed by atoms with Crippen LogP contribution in [-0.2, 0) is 0 Å². The van der Waals surface area contributed by atoms with Crippen LogP contribution in [0.15, 0.2) is 36.4 Å². The molecular weight excluding hydrogens is 236 g/mol. The van der Waals surface area contributed by atoms with E-state index in [4.69, 9.17) is 16.2 Å². The van der Waals surface area contributed by atoms with Crippen LogP contribution in [0.1, 0.15) is 24.4 Å². The van der Waals surface area contributed by atoms with Crippen molar-refractivity contribution in [2.75, 3.05) is 13.2 Å². The summed E-state index contributed by atoms with van der Waals surface area (Å²) in [5.74, 6) is 1.62. The summed E-state index contributed by atoms with van der Waals surface area (Å²) in [5, 5.41) is 2.33. The molecule has 0 saturated heterocycles. The van der Waals surface area contributed by atoms with Crippen molar-refractivity contribution in [2.24, 2.45) is 17.4 Å². The van der Waals surface area contributed by atoms with E-state index >= 15 is 0 Å². The Morgan fingerprint density at radius 3 is 2.68 bits per heavy atom. The van der Waals surface area contributed by atoms with Crippen LogP contribution >= 0.6 is 0 Å². The first-order chi connectivity index (χ1) is 9.29. The van der Waals surface area contributed by atoms with E-state index in [9.17, 15) is 0 Å². The normalized spacial score (nSPS) is 16.5. The van der Waals surface area contributed by atoms with E-state index in [-0.39, 0.29) is 6.04 Å². The summed E-state index contributed by atoms with van der Waals surface area (Å²) in [7, 11) is 0. The van der Waals surface area contributed by atoms with Crippen molar-refractivity contribution in [3.05, 3.63) is 42.0 Å². The Labute approximate surface area is 113 Å². The first kappa shape index (κ1) is 12.5. The molecule has 0 aromatic heterocycles. The zero-order valence-electron chi connectivity index (χ0n) is 11.0. The molecular formula is C16H20N2O. The average molecular weight is 256 g/mol. The van der Waals surface area contributed by atoms with E-state index in [1.807, 2.05) is 18.2 Å². The lowest BCUT2D eigenvalue weighted by atomic mass is 9.98. The lowest BCUT2D eigenvalue weighted by Gasteiger charge is -2.18. The first-order valence-corrected chi connectivity index (χ1v) is 6.89. The van der Waals surface area contributed by atoms with Crippen LogP contribution in [0.25, 0.3) is 10.8 Å². The predicted molar refractivity (Wildman–Crippen MR) is 78.1 cm³/mol. The summed E-state index contributed by atoms with van der Waals surface area (Å²) in [6.07, 6.45) is 2.57. The zero-order chi connectivity index (χ0) is 13.2. The van der Waals surface area contributed by atoms with Gasteiger partial charge in [0.25, 0.3) is 0 Å². The van der Waals surface area contributed by atoms with Gasteiger partial charge in [-0.2, -0.15) is 0 Å². The van der Waals surface area contributed by atoms with Crippen LogP contribution in [0.3, 0.4) is 0 Å². The molecule has 1 saturated carbocycles. The van der Waals surface area contributed by atoms with Gasteiger partial charge in [0.05, 0.1) is 6.61 Å². The standard InChI is InChI=1S/C16H20N2O/c17-9-14(18)16-13-4-2-1-3-12(13)7-8-15(16)19-10-11-5-6-11/h1-4,7-8,11,14H,5-6,9-10,17-18H2. The fourth-order valence-electron chi connectivity index (χ4n) is 2.39. The second-order valence-corrected chi connectivity index (χ2v) is 5.30. The molecule has 3 rings (SSSR count). The Kier molecular flexibility index (Phi) is 3.40. The molecule has 1 atom stereocenters. The fraction of sp³-hybridized carbons (Fsp3) is 0.375. The highest BCUT2D eigenvalue weighted by Crippen LogP contribution is 2.34. The maximum Gasteiger partial charge on any atom is 0.124 e. The number of hydrogen-bond acceptors (Lipinski definition) is 3. The molecule has 1 unspecified atom stereocenters. The minimum atomic E-state index is -0.180. The van der Waals surface area contributed by atoms with Gasteiger partial charge < -0.3 is 16.2 Å². The summed E-state index contributed by atoms with van der Waals surface area (Å²) in [5.41, 5.74) is 13.0. The van der Waals surface area contributed by atoms with Crippen LogP contribution in [0.2, 0.25) is 0 Å². The van der Waals surface area contributed by atoms with Crippen molar-refractivity contribution in [1.82, 2.24) is 0 Å². The van der Waals surface area contributed by atoms with Gasteiger partial charge >= 0.3 is 0 Å². The number of ether oxygens (including phenoxy) is 1. The summed E-state index contributed by atoms with van der Waals surface area (Å²) >= 11 is 0. The van der Waals surface area contributed by atoms with Crippen molar-refractivity contribution in [1.29, 1.82) is 0 Å². The van der Waals surface area contributed by atoms with Gasteiger partial charge in [-0.3, -0.25) is 0 Å². The maximum atomic E-state index is 6.18. The summed E-state index contributed by atoms with van der Waals surface area (Å²) in [6, 6.07) is 12.2. The topological polar surface area (TPSA) is 61.3 Å². The van der Waals surface area contributed by atoms with Crippen LogP contribution in [0.4, 0.5) is 0 Å². The molecule has 0 bridgehead atoms. The zero-order valence-corrected chi connectivity index (χ0v) is 11.0. The fourth-order valence-corrected chi connectivity index (χ4v) is 2.39. The molecule has 1 aliphatic carbocycles. The molecule has 0 amide bonds. The molecule has 0 heterocycles. The molecule has 1 fully saturated rings. The van der Waals surface area contributed by atoms with Crippen LogP contribution in [0, 0.1) is 5.92 Å². The van der Waals surface area contributed by atoms with E-state index in [0.717, 1.165) is 29.2 Å². The van der Waals surface area contributed by atoms with E-state index in [1.165, 1.54) is 18.2 Å². The second-order valence-electron chi connectivity index (χ2n) is 5.30. The highest BCUT2D eigenvalue weighted by atomic mass is 16.5. The third kappa shape index (κ3) is 2.57. The Bertz CT molecular complexity index is 578. The molecule has 4 N–H and O–H groups in total. The largest absolute Gasteiger partial charge is 0.493 e. The lowest BCUT2D eigenvalue weighted by Crippen LogP contribution is -2.22. The van der Waals surface area contributed by atoms with Crippen molar-refractivity contribution in [2.45, 2.75) is 18.9 Å². The molecule has 3 heteroatoms. The Morgan fingerprint density at radius 2 is 1.95 bits per heavy atom. The number of rotatable bonds is 5. The molecule has 0 radical (unpaired) electrons. The SMILES string of the molecule is NCC(N)c1c(OCC2CC2)ccc2ccccc12. The molecule has 0 spiro atoms. The van der Waals surface area contributed by atoms with Crippen molar-refractivity contribution in [3.63, 3.8) is 0 Å². The molecule has 1 aliphatic rings. The molecule has 2 aromatic carbocycles. The quantitative estimate of drug-likeness (QED) is 0.864. The van der Waals surface area contributed by atoms with Gasteiger partial charge in [0.1, 0.15) is 5.75 Å². The summed E-state index contributed by atoms with van der Waals surface area (Å²) < 4.78 is 5.96. The molecule has 3 nitrogen and oxygen atoms in total. The van der Waals surface area contributed by atoms with Gasteiger partial charge in [0.2, 0.25) is 0 Å². The Morgan fingerprint density at radius 1 is 1.16 bits per heavy atom. The minimum Gasteiger partial charge on any atom is -0.493 e. The van der Waals surface area contributed by atoms with E-state index in [1.54, 1.807) is 0 Å². The van der Waals surface area contributed by atoms with Gasteiger partial charge in [0, 0.05) is 18.2 Å². The van der Waals surface area contributed by atoms with Gasteiger partial charge in [0.15, 0.2) is 0 Å². The molecule has 0 aliphatic heterocycles. The van der Waals surface area contributed by atoms with E-state index in [2.05, 4.69) is 18.2 Å². The highest BCUT2D eigenvalue weighted by molar-refractivity contribution is 5.88. The minimum absolute atomic E-state index is 0.180. The van der Waals surface area contributed by atoms with Gasteiger partial charge in [-0.25, -0.2) is 0 Å². The molecule has 100 valence electrons. The van der Waals surface area contributed by atoms with Gasteiger partial charge in [-0.05, 0) is 35.6 Å². The van der Waals surface area contributed by atoms with Crippen molar-refractivity contribution >= 4 is 10.8 Å². The second kappa shape index (κ2) is 5.19. The Balaban J connectivity index is 2.03. The average Bonchev–Trinajstić information content (AvgIpc) is 3.27.